The summed E-state index contributed by atoms with van der Waals surface area (Å²) in [6.45, 7) is 5.36. The predicted octanol–water partition coefficient (Wildman–Crippen LogP) is 4.08. The second-order valence-electron chi connectivity index (χ2n) is 8.01. The van der Waals surface area contributed by atoms with Crippen molar-refractivity contribution in [3.63, 3.8) is 0 Å². The monoisotopic (exact) mass is 493 g/mol. The van der Waals surface area contributed by atoms with Crippen LogP contribution >= 0.6 is 24.0 Å². The van der Waals surface area contributed by atoms with Crippen LogP contribution in [0.2, 0.25) is 0 Å². The van der Waals surface area contributed by atoms with Gasteiger partial charge in [-0.3, -0.25) is 4.99 Å². The Kier molecular flexibility index (Phi) is 7.37. The molecule has 1 N–H and O–H groups in total. The van der Waals surface area contributed by atoms with Crippen LogP contribution in [0.15, 0.2) is 48.0 Å². The Balaban J connectivity index is 0.00000225. The van der Waals surface area contributed by atoms with Crippen LogP contribution < -0.4 is 5.32 Å². The van der Waals surface area contributed by atoms with Gasteiger partial charge in [-0.1, -0.05) is 31.2 Å². The van der Waals surface area contributed by atoms with E-state index >= 15 is 0 Å². The molecule has 152 valence electrons. The molecule has 28 heavy (non-hydrogen) atoms. The van der Waals surface area contributed by atoms with Crippen molar-refractivity contribution in [3.8, 4) is 0 Å². The number of aromatic nitrogens is 2. The Morgan fingerprint density at radius 3 is 2.93 bits per heavy atom. The fraction of sp³-hybridized carbons (Fsp3) is 0.545. The number of imidazole rings is 1. The highest BCUT2D eigenvalue weighted by molar-refractivity contribution is 14.0. The van der Waals surface area contributed by atoms with Crippen molar-refractivity contribution in [2.24, 2.45) is 10.9 Å². The maximum absolute atomic E-state index is 4.60. The Morgan fingerprint density at radius 1 is 1.29 bits per heavy atom. The number of rotatable bonds is 3. The number of halogens is 1. The summed E-state index contributed by atoms with van der Waals surface area (Å²) in [4.78, 5) is 11.3. The summed E-state index contributed by atoms with van der Waals surface area (Å²) in [5.41, 5.74) is 3.05. The van der Waals surface area contributed by atoms with Crippen molar-refractivity contribution in [3.05, 3.63) is 54.1 Å². The molecule has 3 atom stereocenters. The predicted molar refractivity (Wildman–Crippen MR) is 126 cm³/mol. The Hall–Kier alpha value is -1.57. The Bertz CT molecular complexity index is 773. The van der Waals surface area contributed by atoms with Crippen molar-refractivity contribution in [1.82, 2.24) is 19.8 Å². The molecule has 1 aromatic carbocycles. The highest BCUT2D eigenvalue weighted by atomic mass is 127. The van der Waals surface area contributed by atoms with Gasteiger partial charge in [0.1, 0.15) is 0 Å². The molecule has 2 aromatic rings. The molecule has 4 rings (SSSR count). The van der Waals surface area contributed by atoms with Crippen molar-refractivity contribution in [1.29, 1.82) is 0 Å². The van der Waals surface area contributed by atoms with E-state index in [0.717, 1.165) is 25.6 Å². The molecule has 1 aliphatic heterocycles. The third kappa shape index (κ3) is 4.53. The first kappa shape index (κ1) is 21.1. The zero-order valence-corrected chi connectivity index (χ0v) is 19.3. The first-order valence-corrected chi connectivity index (χ1v) is 10.3. The lowest BCUT2D eigenvalue weighted by atomic mass is 9.83. The summed E-state index contributed by atoms with van der Waals surface area (Å²) in [6, 6.07) is 9.39. The van der Waals surface area contributed by atoms with E-state index in [0.29, 0.717) is 17.9 Å². The summed E-state index contributed by atoms with van der Waals surface area (Å²) in [5, 5.41) is 3.68. The Morgan fingerprint density at radius 2 is 2.14 bits per heavy atom. The van der Waals surface area contributed by atoms with Crippen LogP contribution in [0.3, 0.4) is 0 Å². The number of benzene rings is 1. The molecule has 0 bridgehead atoms. The normalized spacial score (nSPS) is 25.0. The van der Waals surface area contributed by atoms with E-state index in [1.165, 1.54) is 36.8 Å². The molecule has 5 nitrogen and oxygen atoms in total. The summed E-state index contributed by atoms with van der Waals surface area (Å²) >= 11 is 0. The molecule has 2 heterocycles. The van der Waals surface area contributed by atoms with Crippen molar-refractivity contribution < 1.29 is 0 Å². The quantitative estimate of drug-likeness (QED) is 0.398. The molecular formula is C22H32IN5. The second-order valence-corrected chi connectivity index (χ2v) is 8.01. The topological polar surface area (TPSA) is 45.5 Å². The fourth-order valence-electron chi connectivity index (χ4n) is 4.71. The smallest absolute Gasteiger partial charge is 0.193 e. The van der Waals surface area contributed by atoms with Gasteiger partial charge in [0.15, 0.2) is 5.96 Å². The molecule has 6 heteroatoms. The maximum Gasteiger partial charge on any atom is 0.193 e. The van der Waals surface area contributed by atoms with Crippen molar-refractivity contribution in [2.45, 2.75) is 44.6 Å². The molecule has 1 aromatic heterocycles. The summed E-state index contributed by atoms with van der Waals surface area (Å²) < 4.78 is 2.25. The molecule has 1 fully saturated rings. The van der Waals surface area contributed by atoms with Crippen LogP contribution in [0, 0.1) is 5.92 Å². The van der Waals surface area contributed by atoms with Crippen LogP contribution in [0.25, 0.3) is 0 Å². The third-order valence-corrected chi connectivity index (χ3v) is 6.34. The molecule has 2 aliphatic rings. The minimum absolute atomic E-state index is 0. The largest absolute Gasteiger partial charge is 0.356 e. The zero-order valence-electron chi connectivity index (χ0n) is 16.9. The molecule has 0 spiro atoms. The van der Waals surface area contributed by atoms with E-state index in [1.54, 1.807) is 0 Å². The van der Waals surface area contributed by atoms with Crippen molar-refractivity contribution in [2.75, 3.05) is 26.7 Å². The number of hydrogen-bond acceptors (Lipinski definition) is 2. The SMILES string of the molecule is CN=C(NCC1CCCc2ccccc21)N1CCC(C)C(n2ccnc2)C1.I. The molecule has 1 aliphatic carbocycles. The second kappa shape index (κ2) is 9.76. The number of piperidine rings is 1. The van der Waals surface area contributed by atoms with E-state index in [2.05, 4.69) is 62.1 Å². The first-order chi connectivity index (χ1) is 13.3. The van der Waals surface area contributed by atoms with E-state index < -0.39 is 0 Å². The summed E-state index contributed by atoms with van der Waals surface area (Å²) in [5.74, 6) is 2.27. The highest BCUT2D eigenvalue weighted by Crippen LogP contribution is 2.31. The average Bonchev–Trinajstić information content (AvgIpc) is 3.24. The third-order valence-electron chi connectivity index (χ3n) is 6.34. The zero-order chi connectivity index (χ0) is 18.6. The van der Waals surface area contributed by atoms with Crippen LogP contribution in [-0.2, 0) is 6.42 Å². The number of aliphatic imine (C=N–C) groups is 1. The molecule has 1 saturated heterocycles. The number of hydrogen-bond donors (Lipinski definition) is 1. The van der Waals surface area contributed by atoms with Gasteiger partial charge in [-0.05, 0) is 42.7 Å². The Labute approximate surface area is 185 Å². The minimum Gasteiger partial charge on any atom is -0.356 e. The van der Waals surface area contributed by atoms with Crippen LogP contribution in [0.1, 0.15) is 49.3 Å². The molecule has 0 saturated carbocycles. The molecule has 3 unspecified atom stereocenters. The van der Waals surface area contributed by atoms with Gasteiger partial charge in [-0.2, -0.15) is 0 Å². The van der Waals surface area contributed by atoms with Gasteiger partial charge in [0.2, 0.25) is 0 Å². The molecule has 0 radical (unpaired) electrons. The van der Waals surface area contributed by atoms with E-state index in [-0.39, 0.29) is 24.0 Å². The lowest BCUT2D eigenvalue weighted by Gasteiger charge is -2.39. The van der Waals surface area contributed by atoms with Crippen molar-refractivity contribution >= 4 is 29.9 Å². The number of nitrogens with zero attached hydrogens (tertiary/aromatic N) is 4. The summed E-state index contributed by atoms with van der Waals surface area (Å²) in [6.07, 6.45) is 10.8. The average molecular weight is 493 g/mol. The van der Waals surface area contributed by atoms with Crippen LogP contribution in [-0.4, -0.2) is 47.1 Å². The van der Waals surface area contributed by atoms with E-state index in [9.17, 15) is 0 Å². The van der Waals surface area contributed by atoms with Crippen LogP contribution in [0.4, 0.5) is 0 Å². The maximum atomic E-state index is 4.60. The van der Waals surface area contributed by atoms with Gasteiger partial charge < -0.3 is 14.8 Å². The van der Waals surface area contributed by atoms with Gasteiger partial charge in [0.05, 0.1) is 12.4 Å². The minimum atomic E-state index is 0. The van der Waals surface area contributed by atoms with Gasteiger partial charge in [-0.15, -0.1) is 24.0 Å². The van der Waals surface area contributed by atoms with Gasteiger partial charge in [-0.25, -0.2) is 4.98 Å². The standard InChI is InChI=1S/C22H31N5.HI/c1-17-10-12-26(15-21(17)27-13-11-24-16-27)22(23-2)25-14-19-8-5-7-18-6-3-4-9-20(18)19;/h3-4,6,9,11,13,16-17,19,21H,5,7-8,10,12,14-15H2,1-2H3,(H,23,25);1H. The number of guanidine groups is 1. The van der Waals surface area contributed by atoms with Gasteiger partial charge >= 0.3 is 0 Å². The number of aryl methyl sites for hydroxylation is 1. The van der Waals surface area contributed by atoms with Crippen LogP contribution in [0.5, 0.6) is 0 Å². The number of likely N-dealkylation sites (tertiary alicyclic amines) is 1. The molecular weight excluding hydrogens is 461 g/mol. The van der Waals surface area contributed by atoms with E-state index in [1.807, 2.05) is 19.6 Å². The number of nitrogens with one attached hydrogen (secondary N) is 1. The molecule has 0 amide bonds. The summed E-state index contributed by atoms with van der Waals surface area (Å²) in [7, 11) is 1.90. The van der Waals surface area contributed by atoms with E-state index in [4.69, 9.17) is 0 Å². The lowest BCUT2D eigenvalue weighted by Crippen LogP contribution is -2.49. The number of fused-ring (bicyclic) bond motifs is 1. The van der Waals surface area contributed by atoms with Gasteiger partial charge in [0, 0.05) is 45.0 Å². The lowest BCUT2D eigenvalue weighted by molar-refractivity contribution is 0.189. The first-order valence-electron chi connectivity index (χ1n) is 10.3. The fourth-order valence-corrected chi connectivity index (χ4v) is 4.71. The highest BCUT2D eigenvalue weighted by Gasteiger charge is 2.29. The van der Waals surface area contributed by atoms with Gasteiger partial charge in [0.25, 0.3) is 0 Å².